The van der Waals surface area contributed by atoms with E-state index < -0.39 is 0 Å². The zero-order chi connectivity index (χ0) is 14.1. The lowest BCUT2D eigenvalue weighted by Crippen LogP contribution is -2.16. The van der Waals surface area contributed by atoms with Crippen molar-refractivity contribution in [1.82, 2.24) is 9.97 Å². The first-order chi connectivity index (χ1) is 9.70. The number of hydrogen-bond acceptors (Lipinski definition) is 5. The molecule has 0 saturated carbocycles. The lowest BCUT2D eigenvalue weighted by atomic mass is 10.1. The summed E-state index contributed by atoms with van der Waals surface area (Å²) in [5.74, 6) is 0.442. The Labute approximate surface area is 119 Å². The van der Waals surface area contributed by atoms with Crippen molar-refractivity contribution < 1.29 is 9.23 Å². The molecule has 3 aromatic rings. The maximum atomic E-state index is 13.1. The van der Waals surface area contributed by atoms with Crippen molar-refractivity contribution in [3.05, 3.63) is 41.8 Å². The van der Waals surface area contributed by atoms with Crippen LogP contribution in [0.25, 0.3) is 21.3 Å². The quantitative estimate of drug-likeness (QED) is 0.692. The normalized spacial score (nSPS) is 10.9. The molecular weight excluding hydrogens is 277 g/mol. The van der Waals surface area contributed by atoms with Gasteiger partial charge in [0.15, 0.2) is 5.82 Å². The summed E-state index contributed by atoms with van der Waals surface area (Å²) in [7, 11) is 3.37. The van der Waals surface area contributed by atoms with Crippen molar-refractivity contribution in [2.75, 3.05) is 19.2 Å². The average molecular weight is 289 g/mol. The fourth-order valence-electron chi connectivity index (χ4n) is 2.03. The Balaban J connectivity index is 2.23. The third kappa shape index (κ3) is 2.13. The highest BCUT2D eigenvalue weighted by Crippen LogP contribution is 2.37. The average Bonchev–Trinajstić information content (AvgIpc) is 2.91. The summed E-state index contributed by atoms with van der Waals surface area (Å²) >= 11 is 1.53. The molecule has 0 bridgehead atoms. The van der Waals surface area contributed by atoms with Crippen LogP contribution in [0.4, 0.5) is 10.2 Å². The largest absolute Gasteiger partial charge is 0.276 e. The van der Waals surface area contributed by atoms with E-state index in [-0.39, 0.29) is 5.82 Å². The highest BCUT2D eigenvalue weighted by Gasteiger charge is 2.15. The second-order valence-corrected chi connectivity index (χ2v) is 5.07. The molecule has 0 saturated heterocycles. The maximum absolute atomic E-state index is 13.1. The number of aromatic nitrogens is 2. The van der Waals surface area contributed by atoms with E-state index >= 15 is 0 Å². The predicted octanol–water partition coefficient (Wildman–Crippen LogP) is 3.50. The Morgan fingerprint density at radius 1 is 1.20 bits per heavy atom. The minimum absolute atomic E-state index is 0.251. The van der Waals surface area contributed by atoms with E-state index in [1.807, 2.05) is 5.38 Å². The van der Waals surface area contributed by atoms with Crippen LogP contribution in [0.3, 0.4) is 0 Å². The van der Waals surface area contributed by atoms with Crippen molar-refractivity contribution >= 4 is 27.4 Å². The topological polar surface area (TPSA) is 38.2 Å². The summed E-state index contributed by atoms with van der Waals surface area (Å²) in [6.45, 7) is 0. The first kappa shape index (κ1) is 13.0. The highest BCUT2D eigenvalue weighted by atomic mass is 32.1. The molecule has 4 nitrogen and oxygen atoms in total. The molecule has 1 aromatic carbocycles. The van der Waals surface area contributed by atoms with Gasteiger partial charge in [0, 0.05) is 18.0 Å². The monoisotopic (exact) mass is 289 g/mol. The molecule has 0 radical (unpaired) electrons. The van der Waals surface area contributed by atoms with Gasteiger partial charge in [-0.15, -0.1) is 11.3 Å². The van der Waals surface area contributed by atoms with Crippen LogP contribution in [0.15, 0.2) is 36.0 Å². The zero-order valence-corrected chi connectivity index (χ0v) is 11.8. The van der Waals surface area contributed by atoms with E-state index in [4.69, 9.17) is 4.84 Å². The maximum Gasteiger partial charge on any atom is 0.164 e. The Bertz CT molecular complexity index is 742. The van der Waals surface area contributed by atoms with Crippen molar-refractivity contribution in [2.45, 2.75) is 0 Å². The third-order valence-electron chi connectivity index (χ3n) is 3.08. The molecule has 0 spiro atoms. The van der Waals surface area contributed by atoms with E-state index in [9.17, 15) is 4.39 Å². The smallest absolute Gasteiger partial charge is 0.164 e. The van der Waals surface area contributed by atoms with E-state index in [0.29, 0.717) is 5.82 Å². The van der Waals surface area contributed by atoms with Gasteiger partial charge in [0.2, 0.25) is 0 Å². The first-order valence-corrected chi connectivity index (χ1v) is 6.84. The van der Waals surface area contributed by atoms with Crippen LogP contribution in [0.5, 0.6) is 0 Å². The number of halogens is 1. The summed E-state index contributed by atoms with van der Waals surface area (Å²) < 4.78 is 13.1. The summed E-state index contributed by atoms with van der Waals surface area (Å²) in [4.78, 5) is 14.6. The minimum atomic E-state index is -0.251. The summed E-state index contributed by atoms with van der Waals surface area (Å²) in [6, 6.07) is 6.39. The molecule has 0 N–H and O–H groups in total. The third-order valence-corrected chi connectivity index (χ3v) is 3.96. The molecule has 0 aliphatic rings. The van der Waals surface area contributed by atoms with Gasteiger partial charge >= 0.3 is 0 Å². The highest BCUT2D eigenvalue weighted by molar-refractivity contribution is 7.17. The Kier molecular flexibility index (Phi) is 3.33. The summed E-state index contributed by atoms with van der Waals surface area (Å²) in [5.41, 5.74) is 1.91. The minimum Gasteiger partial charge on any atom is -0.276 e. The fraction of sp³-hybridized carbons (Fsp3) is 0.143. The molecule has 2 heterocycles. The van der Waals surface area contributed by atoms with Gasteiger partial charge in [-0.05, 0) is 17.7 Å². The summed E-state index contributed by atoms with van der Waals surface area (Å²) in [6.07, 6.45) is 1.51. The number of fused-ring (bicyclic) bond motifs is 1. The van der Waals surface area contributed by atoms with Gasteiger partial charge < -0.3 is 0 Å². The standard InChI is InChI=1S/C14H12FN3OS/c1-18(19-2)13-12-11(7-20-14(12)17-8-16-13)9-3-5-10(15)6-4-9/h3-8H,1-2H3. The van der Waals surface area contributed by atoms with E-state index in [0.717, 1.165) is 21.3 Å². The van der Waals surface area contributed by atoms with Crippen LogP contribution in [0.1, 0.15) is 0 Å². The van der Waals surface area contributed by atoms with Crippen LogP contribution in [-0.2, 0) is 4.84 Å². The SMILES string of the molecule is CON(C)c1ncnc2scc(-c3ccc(F)cc3)c12. The number of hydroxylamine groups is 1. The molecule has 20 heavy (non-hydrogen) atoms. The molecule has 0 amide bonds. The van der Waals surface area contributed by atoms with Crippen LogP contribution in [0, 0.1) is 5.82 Å². The fourth-order valence-corrected chi connectivity index (χ4v) is 2.94. The summed E-state index contributed by atoms with van der Waals surface area (Å²) in [5, 5.41) is 4.50. The van der Waals surface area contributed by atoms with Gasteiger partial charge in [-0.2, -0.15) is 0 Å². The second kappa shape index (κ2) is 5.15. The van der Waals surface area contributed by atoms with Crippen LogP contribution in [-0.4, -0.2) is 24.1 Å². The van der Waals surface area contributed by atoms with Crippen LogP contribution in [0.2, 0.25) is 0 Å². The zero-order valence-electron chi connectivity index (χ0n) is 11.0. The number of benzene rings is 1. The van der Waals surface area contributed by atoms with Gasteiger partial charge in [-0.25, -0.2) is 19.4 Å². The van der Waals surface area contributed by atoms with Crippen LogP contribution >= 0.6 is 11.3 Å². The Morgan fingerprint density at radius 3 is 2.65 bits per heavy atom. The molecule has 0 aliphatic carbocycles. The van der Waals surface area contributed by atoms with Crippen LogP contribution < -0.4 is 5.06 Å². The lowest BCUT2D eigenvalue weighted by Gasteiger charge is -2.15. The van der Waals surface area contributed by atoms with Gasteiger partial charge in [-0.3, -0.25) is 4.84 Å². The molecule has 2 aromatic heterocycles. The van der Waals surface area contributed by atoms with Gasteiger partial charge in [0.1, 0.15) is 17.0 Å². The molecular formula is C14H12FN3OS. The van der Waals surface area contributed by atoms with Crippen molar-refractivity contribution in [3.8, 4) is 11.1 Å². The second-order valence-electron chi connectivity index (χ2n) is 4.21. The van der Waals surface area contributed by atoms with Crippen molar-refractivity contribution in [1.29, 1.82) is 0 Å². The Hall–Kier alpha value is -2.05. The van der Waals surface area contributed by atoms with E-state index in [1.165, 1.54) is 29.8 Å². The van der Waals surface area contributed by atoms with Crippen molar-refractivity contribution in [2.24, 2.45) is 0 Å². The number of anilines is 1. The predicted molar refractivity (Wildman–Crippen MR) is 78.2 cm³/mol. The first-order valence-electron chi connectivity index (χ1n) is 5.96. The number of nitrogens with zero attached hydrogens (tertiary/aromatic N) is 3. The molecule has 0 fully saturated rings. The van der Waals surface area contributed by atoms with E-state index in [1.54, 1.807) is 31.4 Å². The van der Waals surface area contributed by atoms with Gasteiger partial charge in [0.25, 0.3) is 0 Å². The molecule has 3 rings (SSSR count). The van der Waals surface area contributed by atoms with Gasteiger partial charge in [-0.1, -0.05) is 12.1 Å². The van der Waals surface area contributed by atoms with Crippen molar-refractivity contribution in [3.63, 3.8) is 0 Å². The number of thiophene rings is 1. The molecule has 0 aliphatic heterocycles. The molecule has 6 heteroatoms. The molecule has 0 atom stereocenters. The lowest BCUT2D eigenvalue weighted by molar-refractivity contribution is 0.183. The Morgan fingerprint density at radius 2 is 1.95 bits per heavy atom. The molecule has 102 valence electrons. The van der Waals surface area contributed by atoms with Gasteiger partial charge in [0.05, 0.1) is 12.5 Å². The van der Waals surface area contributed by atoms with E-state index in [2.05, 4.69) is 9.97 Å². The number of rotatable bonds is 3. The molecule has 0 unspecified atom stereocenters. The number of hydrogen-bond donors (Lipinski definition) is 0.